The van der Waals surface area contributed by atoms with E-state index in [-0.39, 0.29) is 36.5 Å². The molecule has 0 spiro atoms. The number of carbonyl (C=O) groups is 3. The highest BCUT2D eigenvalue weighted by Gasteiger charge is 2.22. The van der Waals surface area contributed by atoms with Crippen LogP contribution >= 0.6 is 0 Å². The minimum Gasteiger partial charge on any atom is -0.354 e. The van der Waals surface area contributed by atoms with Crippen LogP contribution in [0.5, 0.6) is 0 Å². The summed E-state index contributed by atoms with van der Waals surface area (Å²) in [4.78, 5) is 41.7. The number of H-pyrrole nitrogens is 1. The number of nitrogens with zero attached hydrogens (tertiary/aromatic N) is 1. The van der Waals surface area contributed by atoms with Crippen LogP contribution in [-0.4, -0.2) is 47.2 Å². The van der Waals surface area contributed by atoms with Crippen LogP contribution in [0.3, 0.4) is 0 Å². The molecule has 2 heterocycles. The molecule has 0 atom stereocenters. The monoisotopic (exact) mass is 498 g/mol. The van der Waals surface area contributed by atoms with Gasteiger partial charge >= 0.3 is 0 Å². The van der Waals surface area contributed by atoms with Gasteiger partial charge in [0.2, 0.25) is 11.8 Å². The third kappa shape index (κ3) is 5.53. The van der Waals surface area contributed by atoms with E-state index in [1.807, 2.05) is 30.3 Å². The lowest BCUT2D eigenvalue weighted by Crippen LogP contribution is -2.49. The van der Waals surface area contributed by atoms with Crippen LogP contribution in [0, 0.1) is 5.82 Å². The lowest BCUT2D eigenvalue weighted by molar-refractivity contribution is -0.123. The number of aryl methyl sites for hydroxylation is 1. The fourth-order valence-electron chi connectivity index (χ4n) is 4.62. The Kier molecular flexibility index (Phi) is 6.98. The van der Waals surface area contributed by atoms with Gasteiger partial charge in [-0.25, -0.2) is 4.39 Å². The van der Waals surface area contributed by atoms with E-state index in [0.29, 0.717) is 31.6 Å². The maximum absolute atomic E-state index is 14.0. The Morgan fingerprint density at radius 2 is 1.78 bits per heavy atom. The van der Waals surface area contributed by atoms with E-state index >= 15 is 0 Å². The van der Waals surface area contributed by atoms with Gasteiger partial charge in [-0.15, -0.1) is 0 Å². The molecule has 0 saturated carbocycles. The van der Waals surface area contributed by atoms with Crippen molar-refractivity contribution >= 4 is 28.6 Å². The van der Waals surface area contributed by atoms with Gasteiger partial charge in [0.1, 0.15) is 5.82 Å². The summed E-state index contributed by atoms with van der Waals surface area (Å²) < 4.78 is 14.0. The number of benzene rings is 3. The molecule has 0 radical (unpaired) electrons. The third-order valence-corrected chi connectivity index (χ3v) is 6.55. The van der Waals surface area contributed by atoms with Crippen LogP contribution in [0.4, 0.5) is 4.39 Å². The summed E-state index contributed by atoms with van der Waals surface area (Å²) in [6.07, 6.45) is 0.702. The molecule has 0 unspecified atom stereocenters. The zero-order chi connectivity index (χ0) is 25.8. The van der Waals surface area contributed by atoms with E-state index < -0.39 is 0 Å². The van der Waals surface area contributed by atoms with Gasteiger partial charge in [0.05, 0.1) is 6.54 Å². The van der Waals surface area contributed by atoms with Gasteiger partial charge in [-0.3, -0.25) is 14.4 Å². The fraction of sp³-hybridized carbons (Fsp3) is 0.207. The number of hydrogen-bond donors (Lipinski definition) is 3. The first-order valence-corrected chi connectivity index (χ1v) is 12.2. The van der Waals surface area contributed by atoms with Crippen LogP contribution in [0.1, 0.15) is 27.9 Å². The van der Waals surface area contributed by atoms with Crippen molar-refractivity contribution in [1.82, 2.24) is 20.5 Å². The second kappa shape index (κ2) is 10.7. The summed E-state index contributed by atoms with van der Waals surface area (Å²) in [6.45, 7) is 1.33. The number of rotatable bonds is 7. The van der Waals surface area contributed by atoms with Crippen molar-refractivity contribution in [3.63, 3.8) is 0 Å². The van der Waals surface area contributed by atoms with Crippen molar-refractivity contribution in [3.8, 4) is 11.3 Å². The number of amides is 3. The van der Waals surface area contributed by atoms with Crippen LogP contribution in [0.2, 0.25) is 0 Å². The number of aromatic amines is 1. The van der Waals surface area contributed by atoms with Crippen LogP contribution in [0.15, 0.2) is 72.8 Å². The van der Waals surface area contributed by atoms with Crippen LogP contribution < -0.4 is 10.6 Å². The minimum atomic E-state index is -0.317. The molecule has 1 saturated heterocycles. The zero-order valence-corrected chi connectivity index (χ0v) is 20.2. The molecule has 0 aliphatic carbocycles. The summed E-state index contributed by atoms with van der Waals surface area (Å²) in [6, 6.07) is 21.5. The normalized spacial score (nSPS) is 13.4. The number of carbonyl (C=O) groups excluding carboxylic acids is 3. The average molecular weight is 499 g/mol. The molecule has 188 valence electrons. The summed E-state index contributed by atoms with van der Waals surface area (Å²) in [5, 5.41) is 6.41. The smallest absolute Gasteiger partial charge is 0.254 e. The first-order chi connectivity index (χ1) is 18.0. The molecule has 1 aromatic heterocycles. The summed E-state index contributed by atoms with van der Waals surface area (Å²) in [5.41, 5.74) is 4.97. The summed E-state index contributed by atoms with van der Waals surface area (Å²) in [5.74, 6) is -0.783. The second-order valence-corrected chi connectivity index (χ2v) is 9.08. The van der Waals surface area contributed by atoms with Gasteiger partial charge < -0.3 is 20.5 Å². The highest BCUT2D eigenvalue weighted by molar-refractivity contribution is 5.97. The quantitative estimate of drug-likeness (QED) is 0.362. The number of fused-ring (bicyclic) bond motifs is 1. The molecule has 1 aliphatic heterocycles. The van der Waals surface area contributed by atoms with Crippen molar-refractivity contribution < 1.29 is 18.8 Å². The van der Waals surface area contributed by atoms with Crippen LogP contribution in [0.25, 0.3) is 22.2 Å². The zero-order valence-electron chi connectivity index (χ0n) is 20.2. The van der Waals surface area contributed by atoms with Gasteiger partial charge in [-0.05, 0) is 53.4 Å². The topological polar surface area (TPSA) is 94.3 Å². The van der Waals surface area contributed by atoms with Gasteiger partial charge in [-0.1, -0.05) is 42.5 Å². The van der Waals surface area contributed by atoms with E-state index in [1.165, 1.54) is 17.0 Å². The van der Waals surface area contributed by atoms with E-state index in [1.54, 1.807) is 30.3 Å². The molecule has 4 aromatic rings. The highest BCUT2D eigenvalue weighted by atomic mass is 19.1. The Balaban J connectivity index is 1.21. The molecule has 7 nitrogen and oxygen atoms in total. The Morgan fingerprint density at radius 3 is 2.54 bits per heavy atom. The van der Waals surface area contributed by atoms with Crippen LogP contribution in [-0.2, 0) is 22.6 Å². The van der Waals surface area contributed by atoms with Gasteiger partial charge in [-0.2, -0.15) is 0 Å². The van der Waals surface area contributed by atoms with Crippen molar-refractivity contribution in [1.29, 1.82) is 0 Å². The van der Waals surface area contributed by atoms with Gasteiger partial charge in [0, 0.05) is 48.2 Å². The maximum Gasteiger partial charge on any atom is 0.254 e. The van der Waals surface area contributed by atoms with Gasteiger partial charge in [0.15, 0.2) is 0 Å². The molecule has 37 heavy (non-hydrogen) atoms. The Labute approximate surface area is 213 Å². The largest absolute Gasteiger partial charge is 0.354 e. The van der Waals surface area contributed by atoms with Crippen molar-refractivity contribution in [3.05, 3.63) is 95.3 Å². The van der Waals surface area contributed by atoms with E-state index in [0.717, 1.165) is 33.3 Å². The Bertz CT molecular complexity index is 1450. The number of halogens is 1. The first kappa shape index (κ1) is 24.2. The number of nitrogens with one attached hydrogen (secondary N) is 3. The van der Waals surface area contributed by atoms with Crippen molar-refractivity contribution in [2.45, 2.75) is 19.4 Å². The first-order valence-electron chi connectivity index (χ1n) is 12.2. The third-order valence-electron chi connectivity index (χ3n) is 6.55. The van der Waals surface area contributed by atoms with E-state index in [9.17, 15) is 18.8 Å². The Hall–Kier alpha value is -4.46. The van der Waals surface area contributed by atoms with Crippen molar-refractivity contribution in [2.75, 3.05) is 19.6 Å². The molecule has 3 aromatic carbocycles. The second-order valence-electron chi connectivity index (χ2n) is 9.08. The lowest BCUT2D eigenvalue weighted by Gasteiger charge is -2.26. The fourth-order valence-corrected chi connectivity index (χ4v) is 4.62. The molecule has 1 fully saturated rings. The standard InChI is InChI=1S/C29H27FN4O3/c30-22-10-12-25-24(16-22)23(28(33-25)20-4-2-1-3-5-20)11-13-26(35)32-17-19-6-8-21(9-7-19)29(37)34-15-14-31-27(36)18-34/h1-10,12,16,33H,11,13-15,17-18H2,(H,31,36)(H,32,35). The molecule has 8 heteroatoms. The molecular formula is C29H27FN4O3. The predicted molar refractivity (Wildman–Crippen MR) is 139 cm³/mol. The number of hydrogen-bond acceptors (Lipinski definition) is 3. The maximum atomic E-state index is 14.0. The van der Waals surface area contributed by atoms with E-state index in [4.69, 9.17) is 0 Å². The lowest BCUT2D eigenvalue weighted by atomic mass is 10.0. The Morgan fingerprint density at radius 1 is 1.00 bits per heavy atom. The molecule has 1 aliphatic rings. The molecular weight excluding hydrogens is 471 g/mol. The van der Waals surface area contributed by atoms with Crippen molar-refractivity contribution in [2.24, 2.45) is 0 Å². The summed E-state index contributed by atoms with van der Waals surface area (Å²) in [7, 11) is 0. The molecule has 0 bridgehead atoms. The minimum absolute atomic E-state index is 0.0612. The van der Waals surface area contributed by atoms with Gasteiger partial charge in [0.25, 0.3) is 5.91 Å². The number of piperazine rings is 1. The number of aromatic nitrogens is 1. The molecule has 3 N–H and O–H groups in total. The highest BCUT2D eigenvalue weighted by Crippen LogP contribution is 2.31. The molecule has 5 rings (SSSR count). The molecule has 3 amide bonds. The summed E-state index contributed by atoms with van der Waals surface area (Å²) >= 11 is 0. The predicted octanol–water partition coefficient (Wildman–Crippen LogP) is 3.80. The SMILES string of the molecule is O=C(CCc1c(-c2ccccc2)[nH]c2ccc(F)cc12)NCc1ccc(C(=O)N2CCNC(=O)C2)cc1. The van der Waals surface area contributed by atoms with E-state index in [2.05, 4.69) is 15.6 Å². The average Bonchev–Trinajstić information content (AvgIpc) is 3.28.